The molecule has 0 bridgehead atoms. The van der Waals surface area contributed by atoms with Crippen molar-refractivity contribution in [1.82, 2.24) is 0 Å². The van der Waals surface area contributed by atoms with Gasteiger partial charge in [-0.15, -0.1) is 0 Å². The Labute approximate surface area is 108 Å². The van der Waals surface area contributed by atoms with Crippen LogP contribution in [0.15, 0.2) is 12.1 Å². The summed E-state index contributed by atoms with van der Waals surface area (Å²) in [5, 5.41) is -0.106. The maximum absolute atomic E-state index is 13.2. The first-order valence-corrected chi connectivity index (χ1v) is 5.79. The molecule has 17 heavy (non-hydrogen) atoms. The van der Waals surface area contributed by atoms with E-state index in [2.05, 4.69) is 4.74 Å². The van der Waals surface area contributed by atoms with Crippen LogP contribution in [0.2, 0.25) is 10.0 Å². The lowest BCUT2D eigenvalue weighted by Crippen LogP contribution is -2.53. The maximum atomic E-state index is 13.2. The highest BCUT2D eigenvalue weighted by atomic mass is 35.5. The minimum Gasteiger partial charge on any atom is -0.467 e. The second-order valence-electron chi connectivity index (χ2n) is 3.74. The topological polar surface area (TPSA) is 29.5 Å². The van der Waals surface area contributed by atoms with Gasteiger partial charge in [0.25, 0.3) is 0 Å². The number of carbonyl (C=O) groups excluding carboxylic acids is 1. The van der Waals surface area contributed by atoms with Crippen molar-refractivity contribution in [2.24, 2.45) is 0 Å². The third-order valence-electron chi connectivity index (χ3n) is 2.79. The normalized spacial score (nSPS) is 18.8. The van der Waals surface area contributed by atoms with Gasteiger partial charge in [0.05, 0.1) is 17.2 Å². The number of anilines is 1. The molecule has 6 heteroatoms. The molecular formula is C11H10Cl2FNO2. The summed E-state index contributed by atoms with van der Waals surface area (Å²) in [4.78, 5) is 13.2. The highest BCUT2D eigenvalue weighted by Crippen LogP contribution is 2.34. The smallest absolute Gasteiger partial charge is 0.328 e. The van der Waals surface area contributed by atoms with Gasteiger partial charge >= 0.3 is 5.97 Å². The summed E-state index contributed by atoms with van der Waals surface area (Å²) in [7, 11) is 1.34. The van der Waals surface area contributed by atoms with Crippen LogP contribution in [0.1, 0.15) is 6.42 Å². The highest BCUT2D eigenvalue weighted by molar-refractivity contribution is 6.35. The van der Waals surface area contributed by atoms with Crippen molar-refractivity contribution in [1.29, 1.82) is 0 Å². The fourth-order valence-corrected chi connectivity index (χ4v) is 2.26. The summed E-state index contributed by atoms with van der Waals surface area (Å²) in [5.74, 6) is -0.958. The van der Waals surface area contributed by atoms with E-state index >= 15 is 0 Å². The van der Waals surface area contributed by atoms with Crippen molar-refractivity contribution in [3.63, 3.8) is 0 Å². The van der Waals surface area contributed by atoms with E-state index in [4.69, 9.17) is 23.2 Å². The van der Waals surface area contributed by atoms with Gasteiger partial charge in [-0.1, -0.05) is 23.2 Å². The first-order chi connectivity index (χ1) is 8.04. The Morgan fingerprint density at radius 1 is 1.47 bits per heavy atom. The summed E-state index contributed by atoms with van der Waals surface area (Å²) in [6, 6.07) is 2.58. The van der Waals surface area contributed by atoms with E-state index in [9.17, 15) is 9.18 Å². The molecule has 1 aromatic carbocycles. The molecule has 0 aliphatic carbocycles. The van der Waals surface area contributed by atoms with E-state index in [0.29, 0.717) is 18.7 Å². The van der Waals surface area contributed by atoms with Crippen LogP contribution in [-0.4, -0.2) is 25.7 Å². The lowest BCUT2D eigenvalue weighted by molar-refractivity contribution is -0.143. The van der Waals surface area contributed by atoms with Gasteiger partial charge in [0, 0.05) is 12.2 Å². The van der Waals surface area contributed by atoms with E-state index in [-0.39, 0.29) is 22.1 Å². The second-order valence-corrected chi connectivity index (χ2v) is 4.56. The van der Waals surface area contributed by atoms with Crippen LogP contribution in [0.4, 0.5) is 10.1 Å². The zero-order valence-electron chi connectivity index (χ0n) is 9.04. The van der Waals surface area contributed by atoms with Crippen molar-refractivity contribution in [2.45, 2.75) is 12.5 Å². The molecule has 0 aromatic heterocycles. The molecule has 1 fully saturated rings. The van der Waals surface area contributed by atoms with Gasteiger partial charge in [-0.25, -0.2) is 9.18 Å². The summed E-state index contributed by atoms with van der Waals surface area (Å²) in [6.07, 6.45) is 0.708. The quantitative estimate of drug-likeness (QED) is 0.615. The molecule has 0 N–H and O–H groups in total. The van der Waals surface area contributed by atoms with Crippen molar-refractivity contribution in [2.75, 3.05) is 18.6 Å². The summed E-state index contributed by atoms with van der Waals surface area (Å²) >= 11 is 11.4. The molecule has 1 aliphatic rings. The Morgan fingerprint density at radius 3 is 2.47 bits per heavy atom. The number of halogens is 3. The summed E-state index contributed by atoms with van der Waals surface area (Å²) in [5.41, 5.74) is 0.628. The van der Waals surface area contributed by atoms with Crippen molar-refractivity contribution in [3.05, 3.63) is 28.0 Å². The third-order valence-corrected chi connectivity index (χ3v) is 3.34. The largest absolute Gasteiger partial charge is 0.467 e. The van der Waals surface area contributed by atoms with Crippen molar-refractivity contribution >= 4 is 34.9 Å². The van der Waals surface area contributed by atoms with E-state index in [1.807, 2.05) is 0 Å². The SMILES string of the molecule is COC(=O)C1CCN1c1cc(Cl)c(F)c(Cl)c1. The van der Waals surface area contributed by atoms with E-state index in [1.165, 1.54) is 19.2 Å². The number of esters is 1. The van der Waals surface area contributed by atoms with Gasteiger partial charge in [0.15, 0.2) is 5.82 Å². The van der Waals surface area contributed by atoms with Crippen LogP contribution in [0.5, 0.6) is 0 Å². The molecule has 1 aromatic rings. The molecule has 2 rings (SSSR count). The molecule has 1 unspecified atom stereocenters. The van der Waals surface area contributed by atoms with E-state index in [1.54, 1.807) is 4.90 Å². The second kappa shape index (κ2) is 4.70. The number of methoxy groups -OCH3 is 1. The van der Waals surface area contributed by atoms with Gasteiger partial charge in [0.2, 0.25) is 0 Å². The Morgan fingerprint density at radius 2 is 2.06 bits per heavy atom. The summed E-state index contributed by atoms with van der Waals surface area (Å²) in [6.45, 7) is 0.693. The monoisotopic (exact) mass is 277 g/mol. The molecule has 0 spiro atoms. The van der Waals surface area contributed by atoms with E-state index in [0.717, 1.165) is 0 Å². The van der Waals surface area contributed by atoms with Crippen LogP contribution < -0.4 is 4.90 Å². The molecular weight excluding hydrogens is 268 g/mol. The number of benzene rings is 1. The van der Waals surface area contributed by atoms with Gasteiger partial charge in [-0.3, -0.25) is 0 Å². The Balaban J connectivity index is 2.27. The van der Waals surface area contributed by atoms with E-state index < -0.39 is 5.82 Å². The van der Waals surface area contributed by atoms with Crippen molar-refractivity contribution < 1.29 is 13.9 Å². The van der Waals surface area contributed by atoms with Crippen LogP contribution >= 0.6 is 23.2 Å². The number of hydrogen-bond acceptors (Lipinski definition) is 3. The van der Waals surface area contributed by atoms with Crippen LogP contribution in [0.3, 0.4) is 0 Å². The van der Waals surface area contributed by atoms with Crippen molar-refractivity contribution in [3.8, 4) is 0 Å². The molecule has 1 heterocycles. The number of hydrogen-bond donors (Lipinski definition) is 0. The lowest BCUT2D eigenvalue weighted by atomic mass is 10.0. The van der Waals surface area contributed by atoms with Crippen LogP contribution in [0, 0.1) is 5.82 Å². The minimum absolute atomic E-state index is 0.0528. The predicted octanol–water partition coefficient (Wildman–Crippen LogP) is 2.88. The summed E-state index contributed by atoms with van der Waals surface area (Å²) < 4.78 is 17.9. The van der Waals surface area contributed by atoms with Gasteiger partial charge in [-0.05, 0) is 18.6 Å². The average Bonchev–Trinajstić information content (AvgIpc) is 2.24. The molecule has 1 saturated heterocycles. The predicted molar refractivity (Wildman–Crippen MR) is 64.2 cm³/mol. The molecule has 1 atom stereocenters. The molecule has 92 valence electrons. The van der Waals surface area contributed by atoms with Gasteiger partial charge in [0.1, 0.15) is 6.04 Å². The number of rotatable bonds is 2. The Bertz CT molecular complexity index is 444. The fraction of sp³-hybridized carbons (Fsp3) is 0.364. The Kier molecular flexibility index (Phi) is 3.45. The maximum Gasteiger partial charge on any atom is 0.328 e. The van der Waals surface area contributed by atoms with Crippen LogP contribution in [-0.2, 0) is 9.53 Å². The first-order valence-electron chi connectivity index (χ1n) is 5.03. The lowest BCUT2D eigenvalue weighted by Gasteiger charge is -2.40. The number of carbonyl (C=O) groups is 1. The van der Waals surface area contributed by atoms with Gasteiger partial charge < -0.3 is 9.64 Å². The standard InChI is InChI=1S/C11H10Cl2FNO2/c1-17-11(16)9-2-3-15(9)6-4-7(12)10(14)8(13)5-6/h4-5,9H,2-3H2,1H3. The molecule has 0 amide bonds. The molecule has 1 aliphatic heterocycles. The number of ether oxygens (including phenoxy) is 1. The highest BCUT2D eigenvalue weighted by Gasteiger charge is 2.35. The third kappa shape index (κ3) is 2.19. The number of nitrogens with zero attached hydrogens (tertiary/aromatic N) is 1. The van der Waals surface area contributed by atoms with Crippen LogP contribution in [0.25, 0.3) is 0 Å². The Hall–Kier alpha value is -1.00. The molecule has 0 saturated carbocycles. The van der Waals surface area contributed by atoms with Gasteiger partial charge in [-0.2, -0.15) is 0 Å². The zero-order chi connectivity index (χ0) is 12.6. The molecule has 0 radical (unpaired) electrons. The fourth-order valence-electron chi connectivity index (χ4n) is 1.79. The average molecular weight is 278 g/mol. The zero-order valence-corrected chi connectivity index (χ0v) is 10.6. The minimum atomic E-state index is -0.646. The first kappa shape index (κ1) is 12.5. The molecule has 3 nitrogen and oxygen atoms in total.